The maximum atomic E-state index is 14.7. The minimum Gasteiger partial charge on any atom is -0.339 e. The molecular formula is C24H21F2N5O. The molecule has 1 aliphatic heterocycles. The number of amides is 1. The summed E-state index contributed by atoms with van der Waals surface area (Å²) in [6.45, 7) is 1.55. The number of nitrogens with zero attached hydrogens (tertiary/aromatic N) is 5. The number of piperidine rings is 1. The lowest BCUT2D eigenvalue weighted by Crippen LogP contribution is -2.35. The van der Waals surface area contributed by atoms with Crippen LogP contribution in [0.5, 0.6) is 0 Å². The summed E-state index contributed by atoms with van der Waals surface area (Å²) in [5.74, 6) is -0.652. The van der Waals surface area contributed by atoms with Gasteiger partial charge in [-0.25, -0.2) is 18.7 Å². The minimum atomic E-state index is -0.463. The van der Waals surface area contributed by atoms with Gasteiger partial charge in [-0.2, -0.15) is 5.10 Å². The van der Waals surface area contributed by atoms with Gasteiger partial charge in [0.2, 0.25) is 0 Å². The van der Waals surface area contributed by atoms with E-state index in [-0.39, 0.29) is 29.6 Å². The van der Waals surface area contributed by atoms with Crippen molar-refractivity contribution in [2.75, 3.05) is 13.1 Å². The summed E-state index contributed by atoms with van der Waals surface area (Å²) in [4.78, 5) is 23.2. The summed E-state index contributed by atoms with van der Waals surface area (Å²) >= 11 is 0. The molecule has 1 saturated heterocycles. The first kappa shape index (κ1) is 20.2. The largest absolute Gasteiger partial charge is 0.339 e. The number of fused-ring (bicyclic) bond motifs is 1. The van der Waals surface area contributed by atoms with Crippen molar-refractivity contribution in [2.45, 2.75) is 25.8 Å². The molecule has 0 unspecified atom stereocenters. The molecule has 0 bridgehead atoms. The predicted molar refractivity (Wildman–Crippen MR) is 116 cm³/mol. The number of benzene rings is 2. The molecular weight excluding hydrogens is 412 g/mol. The monoisotopic (exact) mass is 433 g/mol. The molecule has 4 aromatic rings. The van der Waals surface area contributed by atoms with E-state index in [1.807, 2.05) is 4.90 Å². The highest BCUT2D eigenvalue weighted by Crippen LogP contribution is 2.28. The molecule has 3 heterocycles. The lowest BCUT2D eigenvalue weighted by Gasteiger charge is -2.26. The fourth-order valence-corrected chi connectivity index (χ4v) is 4.10. The number of likely N-dealkylation sites (tertiary alicyclic amines) is 1. The predicted octanol–water partition coefficient (Wildman–Crippen LogP) is 4.45. The van der Waals surface area contributed by atoms with Crippen molar-refractivity contribution in [2.24, 2.45) is 0 Å². The van der Waals surface area contributed by atoms with Crippen LogP contribution in [-0.4, -0.2) is 43.6 Å². The minimum absolute atomic E-state index is 0.0651. The first-order valence-corrected chi connectivity index (χ1v) is 10.6. The average molecular weight is 433 g/mol. The van der Waals surface area contributed by atoms with Crippen molar-refractivity contribution in [3.63, 3.8) is 0 Å². The summed E-state index contributed by atoms with van der Waals surface area (Å²) in [5.41, 5.74) is 1.45. The Balaban J connectivity index is 1.51. The Morgan fingerprint density at radius 1 is 0.906 bits per heavy atom. The van der Waals surface area contributed by atoms with Crippen LogP contribution in [0.2, 0.25) is 0 Å². The summed E-state index contributed by atoms with van der Waals surface area (Å²) in [6, 6.07) is 11.0. The molecule has 1 aliphatic rings. The van der Waals surface area contributed by atoms with Crippen molar-refractivity contribution in [1.29, 1.82) is 0 Å². The van der Waals surface area contributed by atoms with Gasteiger partial charge in [0.15, 0.2) is 5.82 Å². The van der Waals surface area contributed by atoms with Gasteiger partial charge in [0.05, 0.1) is 12.1 Å². The first-order chi connectivity index (χ1) is 15.6. The van der Waals surface area contributed by atoms with Crippen LogP contribution in [0.4, 0.5) is 8.78 Å². The lowest BCUT2D eigenvalue weighted by atomic mass is 10.1. The van der Waals surface area contributed by atoms with Crippen LogP contribution in [0.1, 0.15) is 35.2 Å². The molecule has 0 spiro atoms. The van der Waals surface area contributed by atoms with Crippen LogP contribution in [-0.2, 0) is 6.54 Å². The van der Waals surface area contributed by atoms with Crippen LogP contribution in [0.15, 0.2) is 54.9 Å². The molecule has 8 heteroatoms. The number of hydrogen-bond acceptors (Lipinski definition) is 4. The standard InChI is InChI=1S/C24H21F2N5O/c25-19-9-3-2-7-16(19)15-31-22-18(8-6-10-20(22)26)21(29-31)23-27-13-17(14-28-23)24(32)30-11-4-1-5-12-30/h2-3,6-10,13-14H,1,4-5,11-12,15H2. The topological polar surface area (TPSA) is 63.9 Å². The van der Waals surface area contributed by atoms with Gasteiger partial charge < -0.3 is 4.90 Å². The Kier molecular flexibility index (Phi) is 5.34. The quantitative estimate of drug-likeness (QED) is 0.477. The van der Waals surface area contributed by atoms with E-state index >= 15 is 0 Å². The van der Waals surface area contributed by atoms with Gasteiger partial charge >= 0.3 is 0 Å². The Bertz CT molecular complexity index is 1280. The van der Waals surface area contributed by atoms with Crippen molar-refractivity contribution in [1.82, 2.24) is 24.6 Å². The number of hydrogen-bond donors (Lipinski definition) is 0. The number of rotatable bonds is 4. The molecule has 5 rings (SSSR count). The molecule has 0 aliphatic carbocycles. The highest BCUT2D eigenvalue weighted by Gasteiger charge is 2.21. The number of carbonyl (C=O) groups is 1. The van der Waals surface area contributed by atoms with Gasteiger partial charge in [0.25, 0.3) is 5.91 Å². The highest BCUT2D eigenvalue weighted by molar-refractivity contribution is 5.95. The van der Waals surface area contributed by atoms with Crippen LogP contribution in [0, 0.1) is 11.6 Å². The highest BCUT2D eigenvalue weighted by atomic mass is 19.1. The number of halogens is 2. The van der Waals surface area contributed by atoms with E-state index in [1.54, 1.807) is 30.3 Å². The molecule has 32 heavy (non-hydrogen) atoms. The summed E-state index contributed by atoms with van der Waals surface area (Å²) < 4.78 is 30.3. The average Bonchev–Trinajstić information content (AvgIpc) is 3.20. The number of aromatic nitrogens is 4. The Labute approximate surface area is 183 Å². The van der Waals surface area contributed by atoms with Gasteiger partial charge in [-0.15, -0.1) is 0 Å². The van der Waals surface area contributed by atoms with Gasteiger partial charge in [0, 0.05) is 36.4 Å². The van der Waals surface area contributed by atoms with Gasteiger partial charge in [0.1, 0.15) is 22.8 Å². The molecule has 1 amide bonds. The third kappa shape index (κ3) is 3.72. The number of carbonyl (C=O) groups excluding carboxylic acids is 1. The Morgan fingerprint density at radius 3 is 2.38 bits per heavy atom. The van der Waals surface area contributed by atoms with E-state index in [0.29, 0.717) is 22.2 Å². The van der Waals surface area contributed by atoms with Crippen molar-refractivity contribution in [3.8, 4) is 11.5 Å². The molecule has 0 N–H and O–H groups in total. The van der Waals surface area contributed by atoms with E-state index in [9.17, 15) is 13.6 Å². The molecule has 162 valence electrons. The molecule has 6 nitrogen and oxygen atoms in total. The maximum Gasteiger partial charge on any atom is 0.256 e. The second-order valence-corrected chi connectivity index (χ2v) is 7.88. The lowest BCUT2D eigenvalue weighted by molar-refractivity contribution is 0.0723. The normalized spacial score (nSPS) is 14.1. The van der Waals surface area contributed by atoms with E-state index in [1.165, 1.54) is 29.2 Å². The fourth-order valence-electron chi connectivity index (χ4n) is 4.10. The van der Waals surface area contributed by atoms with Crippen molar-refractivity contribution in [3.05, 3.63) is 77.6 Å². The fraction of sp³-hybridized carbons (Fsp3) is 0.250. The maximum absolute atomic E-state index is 14.7. The zero-order chi connectivity index (χ0) is 22.1. The van der Waals surface area contributed by atoms with Crippen LogP contribution in [0.3, 0.4) is 0 Å². The molecule has 2 aromatic heterocycles. The van der Waals surface area contributed by atoms with Crippen LogP contribution < -0.4 is 0 Å². The van der Waals surface area contributed by atoms with E-state index in [0.717, 1.165) is 32.4 Å². The Hall–Kier alpha value is -3.68. The Morgan fingerprint density at radius 2 is 1.62 bits per heavy atom. The van der Waals surface area contributed by atoms with Gasteiger partial charge in [-0.05, 0) is 31.4 Å². The molecule has 0 atom stereocenters. The SMILES string of the molecule is O=C(c1cnc(-c2nn(Cc3ccccc3F)c3c(F)cccc23)nc1)N1CCCCC1. The molecule has 0 radical (unpaired) electrons. The molecule has 1 fully saturated rings. The van der Waals surface area contributed by atoms with Crippen molar-refractivity contribution < 1.29 is 13.6 Å². The van der Waals surface area contributed by atoms with Crippen LogP contribution in [0.25, 0.3) is 22.4 Å². The molecule has 0 saturated carbocycles. The smallest absolute Gasteiger partial charge is 0.256 e. The second kappa shape index (κ2) is 8.45. The molecule has 2 aromatic carbocycles. The van der Waals surface area contributed by atoms with Gasteiger partial charge in [-0.1, -0.05) is 30.3 Å². The van der Waals surface area contributed by atoms with Crippen LogP contribution >= 0.6 is 0 Å². The van der Waals surface area contributed by atoms with E-state index in [2.05, 4.69) is 15.1 Å². The summed E-state index contributed by atoms with van der Waals surface area (Å²) in [5, 5.41) is 5.04. The first-order valence-electron chi connectivity index (χ1n) is 10.6. The zero-order valence-corrected chi connectivity index (χ0v) is 17.3. The summed E-state index contributed by atoms with van der Waals surface area (Å²) in [7, 11) is 0. The third-order valence-corrected chi connectivity index (χ3v) is 5.75. The second-order valence-electron chi connectivity index (χ2n) is 7.88. The van der Waals surface area contributed by atoms with E-state index < -0.39 is 5.82 Å². The van der Waals surface area contributed by atoms with Gasteiger partial charge in [-0.3, -0.25) is 9.48 Å². The van der Waals surface area contributed by atoms with Crippen molar-refractivity contribution >= 4 is 16.8 Å². The third-order valence-electron chi connectivity index (χ3n) is 5.75. The van der Waals surface area contributed by atoms with E-state index in [4.69, 9.17) is 0 Å². The summed E-state index contributed by atoms with van der Waals surface area (Å²) in [6.07, 6.45) is 6.11. The number of para-hydroxylation sites is 1. The zero-order valence-electron chi connectivity index (χ0n) is 17.3.